The van der Waals surface area contributed by atoms with E-state index < -0.39 is 0 Å². The SMILES string of the molecule is Cn1ccnc1[C@H](NCc1ccc(F)cc1)c1cccc(F)c1. The number of halogens is 2. The molecule has 3 aromatic rings. The molecule has 5 heteroatoms. The molecule has 1 aromatic heterocycles. The lowest BCUT2D eigenvalue weighted by Gasteiger charge is -2.19. The van der Waals surface area contributed by atoms with Crippen molar-refractivity contribution in [1.29, 1.82) is 0 Å². The van der Waals surface area contributed by atoms with Gasteiger partial charge < -0.3 is 4.57 Å². The third-order valence-electron chi connectivity index (χ3n) is 3.72. The van der Waals surface area contributed by atoms with E-state index in [4.69, 9.17) is 0 Å². The maximum atomic E-state index is 13.6. The summed E-state index contributed by atoms with van der Waals surface area (Å²) in [5.74, 6) is 0.238. The maximum absolute atomic E-state index is 13.6. The molecule has 0 saturated heterocycles. The Morgan fingerprint density at radius 1 is 1.09 bits per heavy atom. The first-order valence-electron chi connectivity index (χ1n) is 7.34. The lowest BCUT2D eigenvalue weighted by molar-refractivity contribution is 0.550. The lowest BCUT2D eigenvalue weighted by Crippen LogP contribution is -2.25. The van der Waals surface area contributed by atoms with Crippen molar-refractivity contribution in [2.24, 2.45) is 7.05 Å². The molecule has 0 bridgehead atoms. The molecule has 0 radical (unpaired) electrons. The van der Waals surface area contributed by atoms with Crippen LogP contribution in [0.15, 0.2) is 60.9 Å². The third-order valence-corrected chi connectivity index (χ3v) is 3.72. The van der Waals surface area contributed by atoms with Crippen molar-refractivity contribution < 1.29 is 8.78 Å². The van der Waals surface area contributed by atoms with Crippen LogP contribution in [0.25, 0.3) is 0 Å². The van der Waals surface area contributed by atoms with Crippen molar-refractivity contribution in [1.82, 2.24) is 14.9 Å². The van der Waals surface area contributed by atoms with E-state index in [1.54, 1.807) is 24.4 Å². The van der Waals surface area contributed by atoms with Crippen molar-refractivity contribution in [3.8, 4) is 0 Å². The fourth-order valence-corrected chi connectivity index (χ4v) is 2.52. The minimum absolute atomic E-state index is 0.254. The highest BCUT2D eigenvalue weighted by atomic mass is 19.1. The second-order valence-corrected chi connectivity index (χ2v) is 5.39. The van der Waals surface area contributed by atoms with Gasteiger partial charge >= 0.3 is 0 Å². The van der Waals surface area contributed by atoms with E-state index >= 15 is 0 Å². The van der Waals surface area contributed by atoms with Gasteiger partial charge in [-0.25, -0.2) is 13.8 Å². The Bertz CT molecular complexity index is 781. The summed E-state index contributed by atoms with van der Waals surface area (Å²) in [4.78, 5) is 4.37. The zero-order valence-corrected chi connectivity index (χ0v) is 12.7. The molecule has 3 nitrogen and oxygen atoms in total. The van der Waals surface area contributed by atoms with Crippen LogP contribution in [0.2, 0.25) is 0 Å². The summed E-state index contributed by atoms with van der Waals surface area (Å²) in [5.41, 5.74) is 1.74. The molecule has 1 atom stereocenters. The van der Waals surface area contributed by atoms with E-state index in [1.165, 1.54) is 24.3 Å². The first kappa shape index (κ1) is 15.4. The van der Waals surface area contributed by atoms with Crippen LogP contribution >= 0.6 is 0 Å². The topological polar surface area (TPSA) is 29.9 Å². The highest BCUT2D eigenvalue weighted by molar-refractivity contribution is 5.26. The Morgan fingerprint density at radius 3 is 2.52 bits per heavy atom. The molecule has 0 fully saturated rings. The van der Waals surface area contributed by atoms with Gasteiger partial charge in [0.05, 0.1) is 6.04 Å². The molecule has 0 unspecified atom stereocenters. The Hall–Kier alpha value is -2.53. The van der Waals surface area contributed by atoms with Crippen LogP contribution in [0.5, 0.6) is 0 Å². The molecule has 1 heterocycles. The zero-order valence-electron chi connectivity index (χ0n) is 12.7. The summed E-state index contributed by atoms with van der Waals surface area (Å²) < 4.78 is 28.5. The number of imidazole rings is 1. The highest BCUT2D eigenvalue weighted by Crippen LogP contribution is 2.21. The molecule has 0 aliphatic carbocycles. The predicted octanol–water partition coefficient (Wildman–Crippen LogP) is 3.58. The first-order chi connectivity index (χ1) is 11.1. The van der Waals surface area contributed by atoms with E-state index in [0.29, 0.717) is 6.54 Å². The fourth-order valence-electron chi connectivity index (χ4n) is 2.52. The lowest BCUT2D eigenvalue weighted by atomic mass is 10.1. The molecular formula is C18H17F2N3. The summed E-state index contributed by atoms with van der Waals surface area (Å²) in [6, 6.07) is 12.5. The number of benzene rings is 2. The fraction of sp³-hybridized carbons (Fsp3) is 0.167. The van der Waals surface area contributed by atoms with E-state index in [-0.39, 0.29) is 17.7 Å². The van der Waals surface area contributed by atoms with E-state index in [1.807, 2.05) is 23.9 Å². The van der Waals surface area contributed by atoms with Gasteiger partial charge in [0, 0.05) is 26.0 Å². The number of aromatic nitrogens is 2. The van der Waals surface area contributed by atoms with Gasteiger partial charge in [0.2, 0.25) is 0 Å². The molecule has 23 heavy (non-hydrogen) atoms. The van der Waals surface area contributed by atoms with Gasteiger partial charge in [-0.15, -0.1) is 0 Å². The predicted molar refractivity (Wildman–Crippen MR) is 84.7 cm³/mol. The number of aryl methyl sites for hydroxylation is 1. The molecule has 0 spiro atoms. The van der Waals surface area contributed by atoms with Gasteiger partial charge in [0.1, 0.15) is 17.5 Å². The van der Waals surface area contributed by atoms with E-state index in [0.717, 1.165) is 17.0 Å². The van der Waals surface area contributed by atoms with Gasteiger partial charge in [0.15, 0.2) is 0 Å². The second kappa shape index (κ2) is 6.71. The Balaban J connectivity index is 1.86. The number of rotatable bonds is 5. The number of hydrogen-bond donors (Lipinski definition) is 1. The van der Waals surface area contributed by atoms with Crippen molar-refractivity contribution in [3.63, 3.8) is 0 Å². The summed E-state index contributed by atoms with van der Waals surface area (Å²) in [6.45, 7) is 0.522. The van der Waals surface area contributed by atoms with Crippen molar-refractivity contribution in [2.45, 2.75) is 12.6 Å². The van der Waals surface area contributed by atoms with Crippen LogP contribution < -0.4 is 5.32 Å². The smallest absolute Gasteiger partial charge is 0.130 e. The summed E-state index contributed by atoms with van der Waals surface area (Å²) in [6.07, 6.45) is 3.56. The van der Waals surface area contributed by atoms with Gasteiger partial charge in [-0.05, 0) is 35.4 Å². The molecule has 2 aromatic carbocycles. The molecular weight excluding hydrogens is 296 g/mol. The van der Waals surface area contributed by atoms with Crippen molar-refractivity contribution in [3.05, 3.63) is 89.5 Å². The van der Waals surface area contributed by atoms with Gasteiger partial charge in [-0.2, -0.15) is 0 Å². The summed E-state index contributed by atoms with van der Waals surface area (Å²) >= 11 is 0. The largest absolute Gasteiger partial charge is 0.336 e. The zero-order chi connectivity index (χ0) is 16.2. The van der Waals surface area contributed by atoms with Gasteiger partial charge in [0.25, 0.3) is 0 Å². The highest BCUT2D eigenvalue weighted by Gasteiger charge is 2.18. The van der Waals surface area contributed by atoms with E-state index in [2.05, 4.69) is 10.3 Å². The van der Waals surface area contributed by atoms with Crippen LogP contribution in [0.3, 0.4) is 0 Å². The third kappa shape index (κ3) is 3.63. The molecule has 0 aliphatic rings. The Kier molecular flexibility index (Phi) is 4.48. The molecule has 0 saturated carbocycles. The standard InChI is InChI=1S/C18H17F2N3/c1-23-10-9-21-18(23)17(14-3-2-4-16(20)11-14)22-12-13-5-7-15(19)8-6-13/h2-11,17,22H,12H2,1H3/t17-/m1/s1. The molecule has 118 valence electrons. The quantitative estimate of drug-likeness (QED) is 0.780. The molecule has 0 aliphatic heterocycles. The van der Waals surface area contributed by atoms with Crippen LogP contribution in [0.4, 0.5) is 8.78 Å². The van der Waals surface area contributed by atoms with Crippen molar-refractivity contribution >= 4 is 0 Å². The Labute approximate surface area is 133 Å². The minimum atomic E-state index is -0.287. The Morgan fingerprint density at radius 2 is 1.87 bits per heavy atom. The van der Waals surface area contributed by atoms with E-state index in [9.17, 15) is 8.78 Å². The maximum Gasteiger partial charge on any atom is 0.130 e. The summed E-state index contributed by atoms with van der Waals surface area (Å²) in [5, 5.41) is 3.37. The average molecular weight is 313 g/mol. The van der Waals surface area contributed by atoms with Crippen molar-refractivity contribution in [2.75, 3.05) is 0 Å². The summed E-state index contributed by atoms with van der Waals surface area (Å²) in [7, 11) is 1.90. The van der Waals surface area contributed by atoms with Crippen LogP contribution in [0.1, 0.15) is 23.0 Å². The van der Waals surface area contributed by atoms with Crippen LogP contribution in [-0.4, -0.2) is 9.55 Å². The molecule has 3 rings (SSSR count). The second-order valence-electron chi connectivity index (χ2n) is 5.39. The molecule has 0 amide bonds. The van der Waals surface area contributed by atoms with Gasteiger partial charge in [-0.3, -0.25) is 5.32 Å². The number of hydrogen-bond acceptors (Lipinski definition) is 2. The number of nitrogens with one attached hydrogen (secondary N) is 1. The number of nitrogens with zero attached hydrogens (tertiary/aromatic N) is 2. The van der Waals surface area contributed by atoms with Crippen LogP contribution in [0, 0.1) is 11.6 Å². The van der Waals surface area contributed by atoms with Gasteiger partial charge in [-0.1, -0.05) is 24.3 Å². The average Bonchev–Trinajstić information content (AvgIpc) is 2.96. The normalized spacial score (nSPS) is 12.3. The van der Waals surface area contributed by atoms with Crippen LogP contribution in [-0.2, 0) is 13.6 Å². The monoisotopic (exact) mass is 313 g/mol. The first-order valence-corrected chi connectivity index (χ1v) is 7.34. The minimum Gasteiger partial charge on any atom is -0.336 e. The molecule has 1 N–H and O–H groups in total.